The molecule has 2 aromatic carbocycles. The second kappa shape index (κ2) is 8.09. The third kappa shape index (κ3) is 4.20. The molecule has 0 radical (unpaired) electrons. The number of nitrogens with zero attached hydrogens (tertiary/aromatic N) is 1. The molecule has 0 bridgehead atoms. The van der Waals surface area contributed by atoms with Crippen LogP contribution in [-0.2, 0) is 9.53 Å². The van der Waals surface area contributed by atoms with Crippen molar-refractivity contribution in [1.82, 2.24) is 0 Å². The van der Waals surface area contributed by atoms with E-state index in [2.05, 4.69) is 4.99 Å². The van der Waals surface area contributed by atoms with Crippen molar-refractivity contribution in [3.05, 3.63) is 76.1 Å². The SMILES string of the molecule is CCOC(=O)C1=C(O)C(=Cc2cccc(O)c2)SC1=Nc1ccccc1F. The average Bonchev–Trinajstić information content (AvgIpc) is 2.92. The Bertz CT molecular complexity index is 981. The van der Waals surface area contributed by atoms with E-state index in [1.165, 1.54) is 30.3 Å². The summed E-state index contributed by atoms with van der Waals surface area (Å²) in [4.78, 5) is 16.8. The van der Waals surface area contributed by atoms with Gasteiger partial charge in [0.1, 0.15) is 33.6 Å². The van der Waals surface area contributed by atoms with Crippen molar-refractivity contribution < 1.29 is 24.1 Å². The van der Waals surface area contributed by atoms with Gasteiger partial charge in [-0.2, -0.15) is 0 Å². The van der Waals surface area contributed by atoms with Crippen LogP contribution in [0, 0.1) is 5.82 Å². The number of thioether (sulfide) groups is 1. The van der Waals surface area contributed by atoms with Crippen LogP contribution in [0.25, 0.3) is 6.08 Å². The van der Waals surface area contributed by atoms with Crippen LogP contribution in [0.15, 0.2) is 69.8 Å². The van der Waals surface area contributed by atoms with Crippen molar-refractivity contribution in [2.75, 3.05) is 6.61 Å². The van der Waals surface area contributed by atoms with Crippen LogP contribution in [0.1, 0.15) is 12.5 Å². The van der Waals surface area contributed by atoms with E-state index in [1.54, 1.807) is 31.2 Å². The van der Waals surface area contributed by atoms with Gasteiger partial charge in [0.2, 0.25) is 0 Å². The number of rotatable bonds is 4. The Morgan fingerprint density at radius 2 is 2.00 bits per heavy atom. The first-order chi connectivity index (χ1) is 13.0. The van der Waals surface area contributed by atoms with Gasteiger partial charge in [-0.05, 0) is 42.8 Å². The topological polar surface area (TPSA) is 79.1 Å². The molecule has 27 heavy (non-hydrogen) atoms. The summed E-state index contributed by atoms with van der Waals surface area (Å²) in [6.07, 6.45) is 1.60. The lowest BCUT2D eigenvalue weighted by Crippen LogP contribution is -2.12. The summed E-state index contributed by atoms with van der Waals surface area (Å²) >= 11 is 1.02. The molecule has 0 saturated carbocycles. The molecule has 1 heterocycles. The van der Waals surface area contributed by atoms with Gasteiger partial charge in [-0.1, -0.05) is 36.0 Å². The van der Waals surface area contributed by atoms with Crippen LogP contribution in [0.2, 0.25) is 0 Å². The fourth-order valence-electron chi connectivity index (χ4n) is 2.41. The number of hydrogen-bond donors (Lipinski definition) is 2. The normalized spacial score (nSPS) is 17.0. The zero-order chi connectivity index (χ0) is 19.4. The van der Waals surface area contributed by atoms with Crippen LogP contribution in [-0.4, -0.2) is 27.8 Å². The summed E-state index contributed by atoms with van der Waals surface area (Å²) in [5.41, 5.74) is 0.559. The highest BCUT2D eigenvalue weighted by Gasteiger charge is 2.33. The molecule has 0 spiro atoms. The van der Waals surface area contributed by atoms with E-state index < -0.39 is 11.8 Å². The minimum Gasteiger partial charge on any atom is -0.508 e. The highest BCUT2D eigenvalue weighted by atomic mass is 32.2. The minimum atomic E-state index is -0.739. The summed E-state index contributed by atoms with van der Waals surface area (Å²) in [5, 5.41) is 20.3. The van der Waals surface area contributed by atoms with Crippen LogP contribution in [0.4, 0.5) is 10.1 Å². The zero-order valence-corrected chi connectivity index (χ0v) is 15.2. The fourth-order valence-corrected chi connectivity index (χ4v) is 3.44. The van der Waals surface area contributed by atoms with Gasteiger partial charge >= 0.3 is 5.97 Å². The molecule has 5 nitrogen and oxygen atoms in total. The number of carbonyl (C=O) groups is 1. The van der Waals surface area contributed by atoms with E-state index in [9.17, 15) is 19.4 Å². The van der Waals surface area contributed by atoms with E-state index in [1.807, 2.05) is 0 Å². The molecule has 0 unspecified atom stereocenters. The maximum atomic E-state index is 14.0. The van der Waals surface area contributed by atoms with Crippen molar-refractivity contribution in [2.24, 2.45) is 4.99 Å². The molecule has 3 rings (SSSR count). The number of aliphatic imine (C=N–C) groups is 1. The van der Waals surface area contributed by atoms with Crippen LogP contribution >= 0.6 is 11.8 Å². The number of aliphatic hydroxyl groups is 1. The molecule has 0 amide bonds. The van der Waals surface area contributed by atoms with E-state index >= 15 is 0 Å². The Labute approximate surface area is 159 Å². The molecule has 0 aliphatic carbocycles. The predicted molar refractivity (Wildman–Crippen MR) is 103 cm³/mol. The maximum Gasteiger partial charge on any atom is 0.344 e. The summed E-state index contributed by atoms with van der Waals surface area (Å²) in [6, 6.07) is 12.3. The third-order valence-corrected chi connectivity index (χ3v) is 4.63. The molecule has 0 saturated heterocycles. The van der Waals surface area contributed by atoms with Crippen LogP contribution < -0.4 is 0 Å². The van der Waals surface area contributed by atoms with Crippen molar-refractivity contribution in [3.8, 4) is 5.75 Å². The van der Waals surface area contributed by atoms with Gasteiger partial charge in [0.15, 0.2) is 0 Å². The molecule has 2 aromatic rings. The Kier molecular flexibility index (Phi) is 5.61. The highest BCUT2D eigenvalue weighted by Crippen LogP contribution is 2.40. The summed E-state index contributed by atoms with van der Waals surface area (Å²) in [7, 11) is 0. The molecule has 7 heteroatoms. The lowest BCUT2D eigenvalue weighted by Gasteiger charge is -2.04. The number of ether oxygens (including phenoxy) is 1. The van der Waals surface area contributed by atoms with Gasteiger partial charge in [-0.15, -0.1) is 0 Å². The molecule has 2 N–H and O–H groups in total. The van der Waals surface area contributed by atoms with Crippen molar-refractivity contribution in [3.63, 3.8) is 0 Å². The largest absolute Gasteiger partial charge is 0.508 e. The van der Waals surface area contributed by atoms with Crippen LogP contribution in [0.5, 0.6) is 5.75 Å². The lowest BCUT2D eigenvalue weighted by molar-refractivity contribution is -0.138. The fraction of sp³-hybridized carbons (Fsp3) is 0.100. The lowest BCUT2D eigenvalue weighted by atomic mass is 10.1. The molecular formula is C20H16FNO4S. The maximum absolute atomic E-state index is 14.0. The molecule has 0 fully saturated rings. The smallest absolute Gasteiger partial charge is 0.344 e. The van der Waals surface area contributed by atoms with Crippen molar-refractivity contribution in [1.29, 1.82) is 0 Å². The highest BCUT2D eigenvalue weighted by molar-refractivity contribution is 8.18. The number of halogens is 1. The number of benzene rings is 2. The van der Waals surface area contributed by atoms with E-state index in [4.69, 9.17) is 4.74 Å². The molecule has 0 aromatic heterocycles. The standard InChI is InChI=1S/C20H16FNO4S/c1-2-26-20(25)17-18(24)16(11-12-6-5-7-13(23)10-12)27-19(17)22-15-9-4-3-8-14(15)21/h3-11,23-24H,2H2,1H3. The number of carbonyl (C=O) groups excluding carboxylic acids is 1. The number of para-hydroxylation sites is 1. The van der Waals surface area contributed by atoms with E-state index in [-0.39, 0.29) is 34.4 Å². The first kappa shape index (κ1) is 18.7. The molecule has 138 valence electrons. The Balaban J connectivity index is 2.07. The van der Waals surface area contributed by atoms with Gasteiger partial charge in [-0.3, -0.25) is 0 Å². The monoisotopic (exact) mass is 385 g/mol. The summed E-state index contributed by atoms with van der Waals surface area (Å²) in [6.45, 7) is 1.77. The van der Waals surface area contributed by atoms with Crippen LogP contribution in [0.3, 0.4) is 0 Å². The molecule has 1 aliphatic rings. The summed E-state index contributed by atoms with van der Waals surface area (Å²) in [5.74, 6) is -1.51. The number of phenols is 1. The number of esters is 1. The van der Waals surface area contributed by atoms with Gasteiger partial charge in [0.25, 0.3) is 0 Å². The van der Waals surface area contributed by atoms with Crippen molar-refractivity contribution in [2.45, 2.75) is 6.92 Å². The average molecular weight is 385 g/mol. The first-order valence-electron chi connectivity index (χ1n) is 8.12. The van der Waals surface area contributed by atoms with Gasteiger partial charge < -0.3 is 14.9 Å². The number of hydrogen-bond acceptors (Lipinski definition) is 6. The minimum absolute atomic E-state index is 0.0493. The van der Waals surface area contributed by atoms with Crippen molar-refractivity contribution >= 4 is 34.5 Å². The van der Waals surface area contributed by atoms with Gasteiger partial charge in [-0.25, -0.2) is 14.2 Å². The second-order valence-electron chi connectivity index (χ2n) is 5.52. The zero-order valence-electron chi connectivity index (χ0n) is 14.3. The summed E-state index contributed by atoms with van der Waals surface area (Å²) < 4.78 is 19.0. The number of aromatic hydroxyl groups is 1. The molecule has 0 atom stereocenters. The van der Waals surface area contributed by atoms with Gasteiger partial charge in [0, 0.05) is 0 Å². The Morgan fingerprint density at radius 1 is 1.22 bits per heavy atom. The van der Waals surface area contributed by atoms with Gasteiger partial charge in [0.05, 0.1) is 11.5 Å². The third-order valence-electron chi connectivity index (χ3n) is 3.61. The number of aliphatic hydroxyl groups excluding tert-OH is 1. The predicted octanol–water partition coefficient (Wildman–Crippen LogP) is 4.72. The Hall–Kier alpha value is -3.06. The molecule has 1 aliphatic heterocycles. The van der Waals surface area contributed by atoms with E-state index in [0.717, 1.165) is 11.8 Å². The molecular weight excluding hydrogens is 369 g/mol. The Morgan fingerprint density at radius 3 is 2.70 bits per heavy atom. The first-order valence-corrected chi connectivity index (χ1v) is 8.94. The second-order valence-corrected chi connectivity index (χ2v) is 6.55. The number of phenolic OH excluding ortho intramolecular Hbond substituents is 1. The quantitative estimate of drug-likeness (QED) is 0.744. The van der Waals surface area contributed by atoms with E-state index in [0.29, 0.717) is 10.5 Å².